The first kappa shape index (κ1) is 14.7. The Morgan fingerprint density at radius 3 is 3.05 bits per heavy atom. The summed E-state index contributed by atoms with van der Waals surface area (Å²) in [6.07, 6.45) is 2.34. The largest absolute Gasteiger partial charge is 0.354 e. The summed E-state index contributed by atoms with van der Waals surface area (Å²) in [5.41, 5.74) is 0. The number of hydrogen-bond donors (Lipinski definition) is 2. The monoisotopic (exact) mass is 298 g/mol. The van der Waals surface area contributed by atoms with Crippen molar-refractivity contribution >= 4 is 29.3 Å². The van der Waals surface area contributed by atoms with Crippen LogP contribution in [0.4, 0.5) is 0 Å². The van der Waals surface area contributed by atoms with Crippen molar-refractivity contribution in [1.82, 2.24) is 10.6 Å². The lowest BCUT2D eigenvalue weighted by Crippen LogP contribution is -2.40. The van der Waals surface area contributed by atoms with Gasteiger partial charge in [0, 0.05) is 17.5 Å². The molecule has 1 amide bonds. The fraction of sp³-hybridized carbons (Fsp3) is 0.500. The summed E-state index contributed by atoms with van der Waals surface area (Å²) in [4.78, 5) is 13.0. The van der Waals surface area contributed by atoms with Crippen LogP contribution in [0.2, 0.25) is 5.02 Å². The van der Waals surface area contributed by atoms with Gasteiger partial charge in [0.1, 0.15) is 0 Å². The summed E-state index contributed by atoms with van der Waals surface area (Å²) in [7, 11) is 0. The maximum absolute atomic E-state index is 12.0. The molecule has 19 heavy (non-hydrogen) atoms. The van der Waals surface area contributed by atoms with Crippen LogP contribution in [0.25, 0.3) is 0 Å². The molecule has 1 saturated heterocycles. The maximum atomic E-state index is 12.0. The zero-order chi connectivity index (χ0) is 13.7. The van der Waals surface area contributed by atoms with E-state index in [1.165, 1.54) is 18.2 Å². The Morgan fingerprint density at radius 2 is 2.37 bits per heavy atom. The average molecular weight is 299 g/mol. The van der Waals surface area contributed by atoms with Gasteiger partial charge in [-0.2, -0.15) is 0 Å². The van der Waals surface area contributed by atoms with Crippen LogP contribution in [0.1, 0.15) is 19.8 Å². The van der Waals surface area contributed by atoms with E-state index in [1.54, 1.807) is 0 Å². The molecule has 2 N–H and O–H groups in total. The van der Waals surface area contributed by atoms with Crippen LogP contribution in [-0.4, -0.2) is 30.3 Å². The molecule has 1 aliphatic heterocycles. The van der Waals surface area contributed by atoms with Gasteiger partial charge in [-0.25, -0.2) is 0 Å². The van der Waals surface area contributed by atoms with Crippen molar-refractivity contribution in [3.8, 4) is 0 Å². The second kappa shape index (κ2) is 7.17. The van der Waals surface area contributed by atoms with E-state index in [1.807, 2.05) is 31.2 Å². The Kier molecular flexibility index (Phi) is 5.55. The molecule has 0 aliphatic carbocycles. The van der Waals surface area contributed by atoms with E-state index in [0.717, 1.165) is 17.9 Å². The first-order chi connectivity index (χ1) is 9.16. The molecular weight excluding hydrogens is 280 g/mol. The fourth-order valence-electron chi connectivity index (χ4n) is 2.08. The van der Waals surface area contributed by atoms with Crippen molar-refractivity contribution < 1.29 is 4.79 Å². The van der Waals surface area contributed by atoms with E-state index >= 15 is 0 Å². The van der Waals surface area contributed by atoms with E-state index in [2.05, 4.69) is 10.6 Å². The quantitative estimate of drug-likeness (QED) is 0.821. The van der Waals surface area contributed by atoms with Crippen molar-refractivity contribution in [2.45, 2.75) is 36.0 Å². The van der Waals surface area contributed by atoms with Crippen LogP contribution in [0.5, 0.6) is 0 Å². The predicted molar refractivity (Wildman–Crippen MR) is 80.8 cm³/mol. The highest BCUT2D eigenvalue weighted by molar-refractivity contribution is 8.00. The topological polar surface area (TPSA) is 41.1 Å². The van der Waals surface area contributed by atoms with Crippen LogP contribution in [0, 0.1) is 0 Å². The summed E-state index contributed by atoms with van der Waals surface area (Å²) < 4.78 is 0. The van der Waals surface area contributed by atoms with E-state index in [0.29, 0.717) is 17.6 Å². The van der Waals surface area contributed by atoms with E-state index in [-0.39, 0.29) is 11.2 Å². The normalized spacial score (nSPS) is 20.2. The molecule has 3 nitrogen and oxygen atoms in total. The van der Waals surface area contributed by atoms with Gasteiger partial charge >= 0.3 is 0 Å². The fourth-order valence-corrected chi connectivity index (χ4v) is 3.26. The summed E-state index contributed by atoms with van der Waals surface area (Å²) in [6.45, 7) is 3.68. The van der Waals surface area contributed by atoms with Crippen molar-refractivity contribution in [2.24, 2.45) is 0 Å². The van der Waals surface area contributed by atoms with E-state index < -0.39 is 0 Å². The number of benzene rings is 1. The van der Waals surface area contributed by atoms with Gasteiger partial charge < -0.3 is 10.6 Å². The van der Waals surface area contributed by atoms with Gasteiger partial charge in [-0.1, -0.05) is 23.7 Å². The highest BCUT2D eigenvalue weighted by Crippen LogP contribution is 2.29. The molecule has 2 atom stereocenters. The second-order valence-electron chi connectivity index (χ2n) is 4.73. The number of rotatable bonds is 5. The molecule has 104 valence electrons. The molecule has 0 spiro atoms. The van der Waals surface area contributed by atoms with Gasteiger partial charge in [-0.15, -0.1) is 11.8 Å². The molecule has 1 fully saturated rings. The standard InChI is InChI=1S/C14H19ClN2OS/c1-10(19-13-7-3-2-6-12(13)15)14(18)17-9-11-5-4-8-16-11/h2-3,6-7,10-11,16H,4-5,8-9H2,1H3,(H,17,18). The third kappa shape index (κ3) is 4.41. The number of amides is 1. The Bertz CT molecular complexity index is 435. The first-order valence-electron chi connectivity index (χ1n) is 6.59. The number of nitrogens with one attached hydrogen (secondary N) is 2. The summed E-state index contributed by atoms with van der Waals surface area (Å²) in [5, 5.41) is 6.93. The molecule has 1 aromatic carbocycles. The molecule has 0 aromatic heterocycles. The number of hydrogen-bond acceptors (Lipinski definition) is 3. The van der Waals surface area contributed by atoms with Crippen LogP contribution < -0.4 is 10.6 Å². The maximum Gasteiger partial charge on any atom is 0.233 e. The van der Waals surface area contributed by atoms with Gasteiger partial charge in [-0.05, 0) is 38.4 Å². The van der Waals surface area contributed by atoms with E-state index in [9.17, 15) is 4.79 Å². The minimum absolute atomic E-state index is 0.0682. The van der Waals surface area contributed by atoms with Gasteiger partial charge in [0.05, 0.1) is 10.3 Å². The lowest BCUT2D eigenvalue weighted by atomic mass is 10.2. The Hall–Kier alpha value is -0.710. The van der Waals surface area contributed by atoms with Crippen molar-refractivity contribution in [2.75, 3.05) is 13.1 Å². The number of thioether (sulfide) groups is 1. The number of halogens is 1. The molecule has 2 unspecified atom stereocenters. The summed E-state index contributed by atoms with van der Waals surface area (Å²) in [5.74, 6) is 0.0682. The van der Waals surface area contributed by atoms with Gasteiger partial charge in [0.2, 0.25) is 5.91 Å². The average Bonchev–Trinajstić information content (AvgIpc) is 2.91. The number of carbonyl (C=O) groups is 1. The molecule has 0 saturated carbocycles. The Labute approximate surface area is 123 Å². The zero-order valence-electron chi connectivity index (χ0n) is 11.0. The van der Waals surface area contributed by atoms with Gasteiger partial charge in [-0.3, -0.25) is 4.79 Å². The lowest BCUT2D eigenvalue weighted by molar-refractivity contribution is -0.120. The Morgan fingerprint density at radius 1 is 1.58 bits per heavy atom. The lowest BCUT2D eigenvalue weighted by Gasteiger charge is -2.15. The van der Waals surface area contributed by atoms with E-state index in [4.69, 9.17) is 11.6 Å². The van der Waals surface area contributed by atoms with Crippen LogP contribution in [0.15, 0.2) is 29.2 Å². The van der Waals surface area contributed by atoms with Crippen molar-refractivity contribution in [3.63, 3.8) is 0 Å². The third-order valence-corrected chi connectivity index (χ3v) is 4.81. The first-order valence-corrected chi connectivity index (χ1v) is 7.85. The SMILES string of the molecule is CC(Sc1ccccc1Cl)C(=O)NCC1CCCN1. The highest BCUT2D eigenvalue weighted by atomic mass is 35.5. The minimum Gasteiger partial charge on any atom is -0.354 e. The van der Waals surface area contributed by atoms with Crippen LogP contribution in [0.3, 0.4) is 0 Å². The Balaban J connectivity index is 1.80. The number of carbonyl (C=O) groups excluding carboxylic acids is 1. The molecule has 5 heteroatoms. The molecule has 2 rings (SSSR count). The predicted octanol–water partition coefficient (Wildman–Crippen LogP) is 2.69. The van der Waals surface area contributed by atoms with Crippen LogP contribution >= 0.6 is 23.4 Å². The molecule has 0 bridgehead atoms. The highest BCUT2D eigenvalue weighted by Gasteiger charge is 2.18. The third-order valence-electron chi connectivity index (χ3n) is 3.19. The summed E-state index contributed by atoms with van der Waals surface area (Å²) >= 11 is 7.59. The van der Waals surface area contributed by atoms with Crippen LogP contribution in [-0.2, 0) is 4.79 Å². The molecule has 1 heterocycles. The molecular formula is C14H19ClN2OS. The second-order valence-corrected chi connectivity index (χ2v) is 6.52. The van der Waals surface area contributed by atoms with Crippen molar-refractivity contribution in [3.05, 3.63) is 29.3 Å². The molecule has 1 aromatic rings. The van der Waals surface area contributed by atoms with Gasteiger partial charge in [0.15, 0.2) is 0 Å². The van der Waals surface area contributed by atoms with Gasteiger partial charge in [0.25, 0.3) is 0 Å². The summed E-state index contributed by atoms with van der Waals surface area (Å²) in [6, 6.07) is 8.04. The zero-order valence-corrected chi connectivity index (χ0v) is 12.6. The molecule has 0 radical (unpaired) electrons. The minimum atomic E-state index is -0.138. The smallest absolute Gasteiger partial charge is 0.233 e. The van der Waals surface area contributed by atoms with Crippen molar-refractivity contribution in [1.29, 1.82) is 0 Å². The molecule has 1 aliphatic rings.